The van der Waals surface area contributed by atoms with Crippen LogP contribution in [0.3, 0.4) is 0 Å². The monoisotopic (exact) mass is 284 g/mol. The van der Waals surface area contributed by atoms with Gasteiger partial charge in [0, 0.05) is 6.07 Å². The molecule has 0 amide bonds. The van der Waals surface area contributed by atoms with Crippen LogP contribution in [0.15, 0.2) is 36.4 Å². The van der Waals surface area contributed by atoms with E-state index >= 15 is 0 Å². The maximum atomic E-state index is 9.09. The van der Waals surface area contributed by atoms with Crippen LogP contribution in [-0.4, -0.2) is 7.11 Å². The van der Waals surface area contributed by atoms with E-state index in [-0.39, 0.29) is 5.56 Å². The number of methoxy groups -OCH3 is 1. The third kappa shape index (κ3) is 2.83. The van der Waals surface area contributed by atoms with E-state index in [0.717, 1.165) is 0 Å². The lowest BCUT2D eigenvalue weighted by molar-refractivity contribution is 0.408. The van der Waals surface area contributed by atoms with Gasteiger partial charge in [-0.05, 0) is 24.3 Å². The van der Waals surface area contributed by atoms with Crippen LogP contribution in [0.5, 0.6) is 17.2 Å². The molecule has 0 spiro atoms. The van der Waals surface area contributed by atoms with Crippen LogP contribution >= 0.6 is 11.6 Å². The van der Waals surface area contributed by atoms with Crippen molar-refractivity contribution < 1.29 is 9.47 Å². The second-order valence-corrected chi connectivity index (χ2v) is 4.24. The van der Waals surface area contributed by atoms with Gasteiger partial charge in [-0.25, -0.2) is 0 Å². The average Bonchev–Trinajstić information content (AvgIpc) is 2.47. The molecule has 0 N–H and O–H groups in total. The zero-order chi connectivity index (χ0) is 14.5. The summed E-state index contributed by atoms with van der Waals surface area (Å²) in [6.45, 7) is 0. The first-order chi connectivity index (χ1) is 9.67. The van der Waals surface area contributed by atoms with Crippen LogP contribution < -0.4 is 9.47 Å². The molecule has 0 aliphatic heterocycles. The molecule has 0 bridgehead atoms. The summed E-state index contributed by atoms with van der Waals surface area (Å²) in [5.41, 5.74) is 0.648. The van der Waals surface area contributed by atoms with E-state index in [1.54, 1.807) is 36.4 Å². The molecule has 20 heavy (non-hydrogen) atoms. The number of hydrogen-bond acceptors (Lipinski definition) is 4. The van der Waals surface area contributed by atoms with Crippen LogP contribution in [0, 0.1) is 22.7 Å². The van der Waals surface area contributed by atoms with E-state index in [4.69, 9.17) is 31.6 Å². The third-order valence-electron chi connectivity index (χ3n) is 2.56. The summed E-state index contributed by atoms with van der Waals surface area (Å²) in [6.07, 6.45) is 0. The molecule has 4 nitrogen and oxygen atoms in total. The number of benzene rings is 2. The normalized spacial score (nSPS) is 9.40. The predicted molar refractivity (Wildman–Crippen MR) is 74.0 cm³/mol. The predicted octanol–water partition coefficient (Wildman–Crippen LogP) is 3.88. The Balaban J connectivity index is 2.43. The number of halogens is 1. The Kier molecular flexibility index (Phi) is 4.10. The van der Waals surface area contributed by atoms with Crippen molar-refractivity contribution in [1.82, 2.24) is 0 Å². The third-order valence-corrected chi connectivity index (χ3v) is 2.87. The lowest BCUT2D eigenvalue weighted by Crippen LogP contribution is -1.91. The highest BCUT2D eigenvalue weighted by Crippen LogP contribution is 2.32. The first kappa shape index (κ1) is 13.7. The Morgan fingerprint density at radius 2 is 1.80 bits per heavy atom. The number of rotatable bonds is 3. The van der Waals surface area contributed by atoms with Crippen LogP contribution in [0.4, 0.5) is 0 Å². The fraction of sp³-hybridized carbons (Fsp3) is 0.0667. The second kappa shape index (κ2) is 5.97. The van der Waals surface area contributed by atoms with Crippen LogP contribution in [-0.2, 0) is 0 Å². The summed E-state index contributed by atoms with van der Waals surface area (Å²) in [7, 11) is 1.50. The maximum Gasteiger partial charge on any atom is 0.146 e. The molecule has 0 heterocycles. The van der Waals surface area contributed by atoms with Gasteiger partial charge in [0.15, 0.2) is 0 Å². The lowest BCUT2D eigenvalue weighted by atomic mass is 10.2. The van der Waals surface area contributed by atoms with Gasteiger partial charge < -0.3 is 9.47 Å². The van der Waals surface area contributed by atoms with Gasteiger partial charge in [0.2, 0.25) is 0 Å². The molecule has 0 atom stereocenters. The standard InChI is InChI=1S/C15H9ClN2O2/c1-19-11-5-10(8-17)6-12(7-11)20-15-4-2-3-14(16)13(15)9-18/h2-7H,1H3. The largest absolute Gasteiger partial charge is 0.497 e. The zero-order valence-electron chi connectivity index (χ0n) is 10.6. The van der Waals surface area contributed by atoms with E-state index in [1.165, 1.54) is 7.11 Å². The minimum atomic E-state index is 0.246. The van der Waals surface area contributed by atoms with Crippen molar-refractivity contribution in [2.75, 3.05) is 7.11 Å². The van der Waals surface area contributed by atoms with E-state index < -0.39 is 0 Å². The van der Waals surface area contributed by atoms with Crippen molar-refractivity contribution in [3.8, 4) is 29.4 Å². The van der Waals surface area contributed by atoms with E-state index in [1.807, 2.05) is 12.1 Å². The summed E-state index contributed by atoms with van der Waals surface area (Å²) in [5, 5.41) is 18.4. The van der Waals surface area contributed by atoms with Crippen molar-refractivity contribution in [1.29, 1.82) is 10.5 Å². The molecule has 2 aromatic carbocycles. The first-order valence-electron chi connectivity index (χ1n) is 5.63. The molecule has 2 aromatic rings. The van der Waals surface area contributed by atoms with Gasteiger partial charge >= 0.3 is 0 Å². The maximum absolute atomic E-state index is 9.09. The minimum Gasteiger partial charge on any atom is -0.497 e. The van der Waals surface area contributed by atoms with Crippen LogP contribution in [0.2, 0.25) is 5.02 Å². The smallest absolute Gasteiger partial charge is 0.146 e. The Morgan fingerprint density at radius 1 is 1.05 bits per heavy atom. The molecule has 0 saturated heterocycles. The van der Waals surface area contributed by atoms with Crippen LogP contribution in [0.1, 0.15) is 11.1 Å². The van der Waals surface area contributed by atoms with E-state index in [2.05, 4.69) is 0 Å². The topological polar surface area (TPSA) is 66.0 Å². The summed E-state index contributed by atoms with van der Waals surface area (Å²) in [5.74, 6) is 1.23. The number of hydrogen-bond donors (Lipinski definition) is 0. The Hall–Kier alpha value is -2.69. The van der Waals surface area contributed by atoms with Crippen molar-refractivity contribution in [3.63, 3.8) is 0 Å². The molecule has 0 aliphatic rings. The second-order valence-electron chi connectivity index (χ2n) is 3.84. The highest BCUT2D eigenvalue weighted by Gasteiger charge is 2.10. The minimum absolute atomic E-state index is 0.246. The van der Waals surface area contributed by atoms with Gasteiger partial charge in [-0.15, -0.1) is 0 Å². The molecular formula is C15H9ClN2O2. The van der Waals surface area contributed by atoms with E-state index in [9.17, 15) is 0 Å². The molecule has 0 radical (unpaired) electrons. The zero-order valence-corrected chi connectivity index (χ0v) is 11.3. The molecular weight excluding hydrogens is 276 g/mol. The average molecular weight is 285 g/mol. The van der Waals surface area contributed by atoms with Gasteiger partial charge in [-0.3, -0.25) is 0 Å². The summed E-state index contributed by atoms with van der Waals surface area (Å²) in [6, 6.07) is 13.7. The first-order valence-corrected chi connectivity index (χ1v) is 6.01. The van der Waals surface area contributed by atoms with Gasteiger partial charge in [0.25, 0.3) is 0 Å². The van der Waals surface area contributed by atoms with Crippen molar-refractivity contribution in [2.24, 2.45) is 0 Å². The molecule has 0 aliphatic carbocycles. The van der Waals surface area contributed by atoms with Gasteiger partial charge in [0.05, 0.1) is 23.8 Å². The van der Waals surface area contributed by atoms with Gasteiger partial charge in [-0.1, -0.05) is 17.7 Å². The number of ether oxygens (including phenoxy) is 2. The molecule has 5 heteroatoms. The summed E-state index contributed by atoms with van der Waals surface area (Å²) < 4.78 is 10.7. The Labute approximate surface area is 121 Å². The van der Waals surface area contributed by atoms with Crippen LogP contribution in [0.25, 0.3) is 0 Å². The highest BCUT2D eigenvalue weighted by atomic mass is 35.5. The Bertz CT molecular complexity index is 730. The highest BCUT2D eigenvalue weighted by molar-refractivity contribution is 6.31. The summed E-state index contributed by atoms with van der Waals surface area (Å²) >= 11 is 5.93. The van der Waals surface area contributed by atoms with E-state index in [0.29, 0.717) is 27.8 Å². The Morgan fingerprint density at radius 3 is 2.45 bits per heavy atom. The lowest BCUT2D eigenvalue weighted by Gasteiger charge is -2.10. The molecule has 0 aromatic heterocycles. The molecule has 98 valence electrons. The fourth-order valence-corrected chi connectivity index (χ4v) is 1.85. The van der Waals surface area contributed by atoms with Gasteiger partial charge in [0.1, 0.15) is 28.9 Å². The van der Waals surface area contributed by atoms with Crippen molar-refractivity contribution in [2.45, 2.75) is 0 Å². The van der Waals surface area contributed by atoms with Crippen molar-refractivity contribution >= 4 is 11.6 Å². The number of nitrogens with zero attached hydrogens (tertiary/aromatic N) is 2. The molecule has 0 fully saturated rings. The molecule has 2 rings (SSSR count). The quantitative estimate of drug-likeness (QED) is 0.858. The molecule has 0 saturated carbocycles. The molecule has 0 unspecified atom stereocenters. The van der Waals surface area contributed by atoms with Crippen molar-refractivity contribution in [3.05, 3.63) is 52.5 Å². The SMILES string of the molecule is COc1cc(C#N)cc(Oc2cccc(Cl)c2C#N)c1. The number of nitriles is 2. The fourth-order valence-electron chi connectivity index (χ4n) is 1.64. The van der Waals surface area contributed by atoms with Gasteiger partial charge in [-0.2, -0.15) is 10.5 Å². The summed E-state index contributed by atoms with van der Waals surface area (Å²) in [4.78, 5) is 0.